The standard InChI is InChI=1S/C23H17N3O3/c1-16-7-9-17(10-8-16)15-21-22(18-5-3-2-4-6-18)24-25(23(21)27)19-11-13-20(14-12-19)26(28)29/h2-15H,1H3/b21-15+. The lowest BCUT2D eigenvalue weighted by atomic mass is 10.00. The smallest absolute Gasteiger partial charge is 0.267 e. The van der Waals surface area contributed by atoms with Crippen LogP contribution in [0.4, 0.5) is 11.4 Å². The molecule has 0 aromatic heterocycles. The van der Waals surface area contributed by atoms with Crippen LogP contribution in [0.2, 0.25) is 0 Å². The summed E-state index contributed by atoms with van der Waals surface area (Å²) in [6.45, 7) is 2.00. The van der Waals surface area contributed by atoms with Crippen LogP contribution in [0, 0.1) is 17.0 Å². The Morgan fingerprint density at radius 2 is 1.59 bits per heavy atom. The van der Waals surface area contributed by atoms with Gasteiger partial charge in [-0.25, -0.2) is 0 Å². The van der Waals surface area contributed by atoms with Crippen molar-refractivity contribution >= 4 is 29.1 Å². The molecule has 3 aromatic rings. The van der Waals surface area contributed by atoms with Crippen LogP contribution in [0.25, 0.3) is 6.08 Å². The minimum atomic E-state index is -0.475. The van der Waals surface area contributed by atoms with Gasteiger partial charge in [-0.2, -0.15) is 10.1 Å². The fourth-order valence-electron chi connectivity index (χ4n) is 3.07. The Bertz CT molecular complexity index is 1130. The van der Waals surface area contributed by atoms with Gasteiger partial charge in [-0.15, -0.1) is 0 Å². The Morgan fingerprint density at radius 1 is 0.931 bits per heavy atom. The second kappa shape index (κ2) is 7.52. The number of anilines is 1. The molecule has 29 heavy (non-hydrogen) atoms. The van der Waals surface area contributed by atoms with E-state index in [2.05, 4.69) is 5.10 Å². The highest BCUT2D eigenvalue weighted by atomic mass is 16.6. The number of hydrogen-bond acceptors (Lipinski definition) is 4. The minimum absolute atomic E-state index is 0.0388. The average molecular weight is 383 g/mol. The average Bonchev–Trinajstić information content (AvgIpc) is 3.06. The number of nitro groups is 1. The van der Waals surface area contributed by atoms with Crippen molar-refractivity contribution in [2.45, 2.75) is 6.92 Å². The number of aryl methyl sites for hydroxylation is 1. The van der Waals surface area contributed by atoms with Crippen LogP contribution in [-0.2, 0) is 4.79 Å². The molecule has 6 heteroatoms. The number of nitro benzene ring substituents is 1. The largest absolute Gasteiger partial charge is 0.281 e. The third-order valence-corrected chi connectivity index (χ3v) is 4.62. The molecule has 0 radical (unpaired) electrons. The lowest BCUT2D eigenvalue weighted by Crippen LogP contribution is -2.21. The molecule has 0 atom stereocenters. The number of nitrogens with zero attached hydrogens (tertiary/aromatic N) is 3. The van der Waals surface area contributed by atoms with Gasteiger partial charge in [0.1, 0.15) is 5.71 Å². The quantitative estimate of drug-likeness (QED) is 0.371. The van der Waals surface area contributed by atoms with E-state index >= 15 is 0 Å². The van der Waals surface area contributed by atoms with Crippen molar-refractivity contribution in [2.24, 2.45) is 5.10 Å². The number of hydrogen-bond donors (Lipinski definition) is 0. The van der Waals surface area contributed by atoms with Gasteiger partial charge >= 0.3 is 0 Å². The number of rotatable bonds is 4. The van der Waals surface area contributed by atoms with Crippen molar-refractivity contribution < 1.29 is 9.72 Å². The first-order chi connectivity index (χ1) is 14.0. The minimum Gasteiger partial charge on any atom is -0.267 e. The monoisotopic (exact) mass is 383 g/mol. The molecule has 0 unspecified atom stereocenters. The van der Waals surface area contributed by atoms with Gasteiger partial charge < -0.3 is 0 Å². The summed E-state index contributed by atoms with van der Waals surface area (Å²) >= 11 is 0. The van der Waals surface area contributed by atoms with E-state index in [1.54, 1.807) is 0 Å². The zero-order chi connectivity index (χ0) is 20.4. The molecule has 142 valence electrons. The van der Waals surface area contributed by atoms with Gasteiger partial charge in [-0.05, 0) is 30.7 Å². The lowest BCUT2D eigenvalue weighted by Gasteiger charge is -2.11. The number of carbonyl (C=O) groups excluding carboxylic acids is 1. The van der Waals surface area contributed by atoms with E-state index in [1.165, 1.54) is 29.3 Å². The molecule has 0 aliphatic carbocycles. The Morgan fingerprint density at radius 3 is 2.21 bits per heavy atom. The summed E-state index contributed by atoms with van der Waals surface area (Å²) in [6, 6.07) is 23.1. The van der Waals surface area contributed by atoms with Gasteiger partial charge in [0.15, 0.2) is 0 Å². The fourth-order valence-corrected chi connectivity index (χ4v) is 3.07. The summed E-state index contributed by atoms with van der Waals surface area (Å²) in [6.07, 6.45) is 1.82. The maximum absolute atomic E-state index is 13.2. The molecule has 1 aliphatic heterocycles. The first-order valence-electron chi connectivity index (χ1n) is 9.04. The van der Waals surface area contributed by atoms with Gasteiger partial charge in [0.05, 0.1) is 16.2 Å². The van der Waals surface area contributed by atoms with Crippen LogP contribution in [0.3, 0.4) is 0 Å². The highest BCUT2D eigenvalue weighted by Gasteiger charge is 2.32. The molecule has 0 saturated carbocycles. The summed E-state index contributed by atoms with van der Waals surface area (Å²) in [5.41, 5.74) is 4.32. The van der Waals surface area contributed by atoms with Crippen LogP contribution in [0.15, 0.2) is 89.5 Å². The molecular weight excluding hydrogens is 366 g/mol. The van der Waals surface area contributed by atoms with Crippen molar-refractivity contribution in [1.82, 2.24) is 0 Å². The number of benzene rings is 3. The highest BCUT2D eigenvalue weighted by Crippen LogP contribution is 2.29. The molecule has 6 nitrogen and oxygen atoms in total. The predicted molar refractivity (Wildman–Crippen MR) is 113 cm³/mol. The summed E-state index contributed by atoms with van der Waals surface area (Å²) in [7, 11) is 0. The van der Waals surface area contributed by atoms with E-state index in [0.29, 0.717) is 17.0 Å². The second-order valence-corrected chi connectivity index (χ2v) is 6.67. The zero-order valence-corrected chi connectivity index (χ0v) is 15.6. The van der Waals surface area contributed by atoms with Crippen LogP contribution in [0.5, 0.6) is 0 Å². The van der Waals surface area contributed by atoms with E-state index in [9.17, 15) is 14.9 Å². The number of amides is 1. The molecule has 0 spiro atoms. The molecule has 1 heterocycles. The Kier molecular flexibility index (Phi) is 4.75. The van der Waals surface area contributed by atoms with Crippen LogP contribution < -0.4 is 5.01 Å². The Labute approximate surface area is 167 Å². The second-order valence-electron chi connectivity index (χ2n) is 6.67. The van der Waals surface area contributed by atoms with Crippen molar-refractivity contribution in [1.29, 1.82) is 0 Å². The van der Waals surface area contributed by atoms with Gasteiger partial charge in [0.25, 0.3) is 11.6 Å². The Balaban J connectivity index is 1.78. The van der Waals surface area contributed by atoms with E-state index in [4.69, 9.17) is 0 Å². The summed E-state index contributed by atoms with van der Waals surface area (Å²) in [5.74, 6) is -0.279. The SMILES string of the molecule is Cc1ccc(/C=C2/C(=O)N(c3ccc([N+](=O)[O-])cc3)N=C2c2ccccc2)cc1. The van der Waals surface area contributed by atoms with Crippen molar-refractivity contribution in [3.63, 3.8) is 0 Å². The summed E-state index contributed by atoms with van der Waals surface area (Å²) in [4.78, 5) is 23.6. The normalized spacial score (nSPS) is 14.9. The molecule has 1 amide bonds. The van der Waals surface area contributed by atoms with Gasteiger partial charge in [-0.1, -0.05) is 60.2 Å². The Hall–Kier alpha value is -4.06. The van der Waals surface area contributed by atoms with E-state index in [-0.39, 0.29) is 11.6 Å². The van der Waals surface area contributed by atoms with Crippen molar-refractivity contribution in [3.05, 3.63) is 111 Å². The molecule has 3 aromatic carbocycles. The topological polar surface area (TPSA) is 75.8 Å². The number of non-ortho nitro benzene ring substituents is 1. The lowest BCUT2D eigenvalue weighted by molar-refractivity contribution is -0.384. The van der Waals surface area contributed by atoms with E-state index in [0.717, 1.165) is 16.7 Å². The summed E-state index contributed by atoms with van der Waals surface area (Å²) < 4.78 is 0. The number of hydrazone groups is 1. The van der Waals surface area contributed by atoms with Crippen molar-refractivity contribution in [3.8, 4) is 0 Å². The third-order valence-electron chi connectivity index (χ3n) is 4.62. The molecule has 0 bridgehead atoms. The summed E-state index contributed by atoms with van der Waals surface area (Å²) in [5, 5.41) is 16.7. The van der Waals surface area contributed by atoms with Gasteiger partial charge in [-0.3, -0.25) is 14.9 Å². The predicted octanol–water partition coefficient (Wildman–Crippen LogP) is 4.74. The van der Waals surface area contributed by atoms with Gasteiger partial charge in [0.2, 0.25) is 0 Å². The first kappa shape index (κ1) is 18.3. The van der Waals surface area contributed by atoms with E-state index < -0.39 is 4.92 Å². The van der Waals surface area contributed by atoms with Crippen LogP contribution in [0.1, 0.15) is 16.7 Å². The molecule has 0 fully saturated rings. The molecule has 1 aliphatic rings. The zero-order valence-electron chi connectivity index (χ0n) is 15.6. The van der Waals surface area contributed by atoms with Crippen LogP contribution >= 0.6 is 0 Å². The first-order valence-corrected chi connectivity index (χ1v) is 9.04. The maximum Gasteiger partial charge on any atom is 0.281 e. The molecule has 0 N–H and O–H groups in total. The maximum atomic E-state index is 13.2. The number of carbonyl (C=O) groups is 1. The van der Waals surface area contributed by atoms with E-state index in [1.807, 2.05) is 67.6 Å². The van der Waals surface area contributed by atoms with Crippen molar-refractivity contribution in [2.75, 3.05) is 5.01 Å². The third kappa shape index (κ3) is 3.68. The van der Waals surface area contributed by atoms with Gasteiger partial charge in [0, 0.05) is 17.7 Å². The molecular formula is C23H17N3O3. The molecule has 4 rings (SSSR count). The van der Waals surface area contributed by atoms with Crippen LogP contribution in [-0.4, -0.2) is 16.5 Å². The molecule has 0 saturated heterocycles. The highest BCUT2D eigenvalue weighted by molar-refractivity contribution is 6.37. The fraction of sp³-hybridized carbons (Fsp3) is 0.0435.